The number of rotatable bonds is 3. The van der Waals surface area contributed by atoms with Crippen molar-refractivity contribution in [3.8, 4) is 0 Å². The fourth-order valence-electron chi connectivity index (χ4n) is 3.00. The molecule has 2 atom stereocenters. The first-order valence-electron chi connectivity index (χ1n) is 7.47. The molecule has 0 spiro atoms. The number of hydrogen-bond donors (Lipinski definition) is 2. The second-order valence-electron chi connectivity index (χ2n) is 6.43. The molecule has 1 aromatic rings. The lowest BCUT2D eigenvalue weighted by atomic mass is 9.73. The first-order valence-corrected chi connectivity index (χ1v) is 7.47. The quantitative estimate of drug-likeness (QED) is 0.835. The maximum absolute atomic E-state index is 12.9. The minimum atomic E-state index is -4.46. The largest absolute Gasteiger partial charge is 0.416 e. The van der Waals surface area contributed by atoms with Gasteiger partial charge in [0.1, 0.15) is 5.92 Å². The zero-order chi connectivity index (χ0) is 16.8. The van der Waals surface area contributed by atoms with Crippen molar-refractivity contribution in [2.45, 2.75) is 37.4 Å². The normalized spacial score (nSPS) is 27.7. The molecule has 2 amide bonds. The molecule has 7 heteroatoms. The van der Waals surface area contributed by atoms with Crippen LogP contribution in [0.25, 0.3) is 0 Å². The second-order valence-corrected chi connectivity index (χ2v) is 6.43. The molecule has 2 fully saturated rings. The molecule has 2 N–H and O–H groups in total. The number of hydrogen-bond acceptors (Lipinski definition) is 2. The highest BCUT2D eigenvalue weighted by Gasteiger charge is 2.51. The third kappa shape index (κ3) is 2.92. The lowest BCUT2D eigenvalue weighted by Gasteiger charge is -2.29. The topological polar surface area (TPSA) is 58.2 Å². The summed E-state index contributed by atoms with van der Waals surface area (Å²) in [6, 6.07) is 4.94. The smallest absolute Gasteiger partial charge is 0.354 e. The SMILES string of the molecule is C[C@@]1(c2cccc(C(F)(F)F)c2)CNC(=O)[C@@H]1C(=O)NC1CC1. The Bertz CT molecular complexity index is 655. The number of carbonyl (C=O) groups is 2. The van der Waals surface area contributed by atoms with Gasteiger partial charge >= 0.3 is 6.18 Å². The summed E-state index contributed by atoms with van der Waals surface area (Å²) in [7, 11) is 0. The molecule has 23 heavy (non-hydrogen) atoms. The van der Waals surface area contributed by atoms with Crippen LogP contribution >= 0.6 is 0 Å². The van der Waals surface area contributed by atoms with Crippen LogP contribution < -0.4 is 10.6 Å². The zero-order valence-corrected chi connectivity index (χ0v) is 12.5. The van der Waals surface area contributed by atoms with Crippen LogP contribution in [0.2, 0.25) is 0 Å². The number of carbonyl (C=O) groups excluding carboxylic acids is 2. The predicted molar refractivity (Wildman–Crippen MR) is 76.5 cm³/mol. The summed E-state index contributed by atoms with van der Waals surface area (Å²) in [5.74, 6) is -1.88. The van der Waals surface area contributed by atoms with Crippen LogP contribution in [0.3, 0.4) is 0 Å². The standard InChI is InChI=1S/C16H17F3N2O2/c1-15(9-3-2-4-10(7-9)16(17,18)19)8-20-13(22)12(15)14(23)21-11-5-6-11/h2-4,7,11-12H,5-6,8H2,1H3,(H,20,22)(H,21,23)/t12-,15+/m1/s1. The molecule has 1 saturated carbocycles. The van der Waals surface area contributed by atoms with E-state index in [1.54, 1.807) is 6.92 Å². The van der Waals surface area contributed by atoms with Crippen LogP contribution in [-0.2, 0) is 21.2 Å². The molecule has 1 aliphatic heterocycles. The molecule has 124 valence electrons. The number of amides is 2. The van der Waals surface area contributed by atoms with Gasteiger partial charge < -0.3 is 10.6 Å². The summed E-state index contributed by atoms with van der Waals surface area (Å²) >= 11 is 0. The fourth-order valence-corrected chi connectivity index (χ4v) is 3.00. The van der Waals surface area contributed by atoms with Gasteiger partial charge in [0.15, 0.2) is 0 Å². The molecule has 0 aromatic heterocycles. The molecule has 0 bridgehead atoms. The molecule has 1 aromatic carbocycles. The summed E-state index contributed by atoms with van der Waals surface area (Å²) < 4.78 is 38.8. The van der Waals surface area contributed by atoms with E-state index in [4.69, 9.17) is 0 Å². The van der Waals surface area contributed by atoms with E-state index < -0.39 is 34.9 Å². The maximum Gasteiger partial charge on any atom is 0.416 e. The average Bonchev–Trinajstić information content (AvgIpc) is 3.23. The van der Waals surface area contributed by atoms with Gasteiger partial charge in [-0.1, -0.05) is 25.1 Å². The zero-order valence-electron chi connectivity index (χ0n) is 12.5. The van der Waals surface area contributed by atoms with E-state index >= 15 is 0 Å². The summed E-state index contributed by atoms with van der Waals surface area (Å²) in [5.41, 5.74) is -1.45. The van der Waals surface area contributed by atoms with Crippen LogP contribution in [-0.4, -0.2) is 24.4 Å². The first-order chi connectivity index (χ1) is 10.7. The summed E-state index contributed by atoms with van der Waals surface area (Å²) in [4.78, 5) is 24.5. The Morgan fingerprint density at radius 1 is 1.35 bits per heavy atom. The van der Waals surface area contributed by atoms with E-state index in [0.717, 1.165) is 25.0 Å². The minimum Gasteiger partial charge on any atom is -0.354 e. The first kappa shape index (κ1) is 15.8. The van der Waals surface area contributed by atoms with Gasteiger partial charge in [-0.25, -0.2) is 0 Å². The fraction of sp³-hybridized carbons (Fsp3) is 0.500. The van der Waals surface area contributed by atoms with Crippen molar-refractivity contribution in [2.24, 2.45) is 5.92 Å². The van der Waals surface area contributed by atoms with E-state index in [0.29, 0.717) is 5.56 Å². The molecule has 2 aliphatic rings. The van der Waals surface area contributed by atoms with E-state index in [1.807, 2.05) is 0 Å². The molecule has 3 rings (SSSR count). The van der Waals surface area contributed by atoms with E-state index in [1.165, 1.54) is 12.1 Å². The Balaban J connectivity index is 1.95. The van der Waals surface area contributed by atoms with Gasteiger partial charge in [-0.2, -0.15) is 13.2 Å². The molecule has 1 aliphatic carbocycles. The number of benzene rings is 1. The Hall–Kier alpha value is -2.05. The van der Waals surface area contributed by atoms with E-state index in [-0.39, 0.29) is 12.6 Å². The Morgan fingerprint density at radius 3 is 2.65 bits per heavy atom. The highest BCUT2D eigenvalue weighted by Crippen LogP contribution is 2.39. The lowest BCUT2D eigenvalue weighted by Crippen LogP contribution is -2.44. The number of halogens is 3. The van der Waals surface area contributed by atoms with Gasteiger partial charge in [0.25, 0.3) is 0 Å². The van der Waals surface area contributed by atoms with Gasteiger partial charge in [-0.3, -0.25) is 9.59 Å². The average molecular weight is 326 g/mol. The molecule has 1 heterocycles. The van der Waals surface area contributed by atoms with Crippen LogP contribution in [0.4, 0.5) is 13.2 Å². The molecule has 4 nitrogen and oxygen atoms in total. The van der Waals surface area contributed by atoms with Crippen LogP contribution in [0, 0.1) is 5.92 Å². The highest BCUT2D eigenvalue weighted by molar-refractivity contribution is 6.04. The van der Waals surface area contributed by atoms with Gasteiger partial charge in [0, 0.05) is 18.0 Å². The lowest BCUT2D eigenvalue weighted by molar-refractivity contribution is -0.137. The second kappa shape index (κ2) is 5.25. The van der Waals surface area contributed by atoms with Crippen LogP contribution in [0.1, 0.15) is 30.9 Å². The molecule has 0 unspecified atom stereocenters. The Kier molecular flexibility index (Phi) is 3.61. The monoisotopic (exact) mass is 326 g/mol. The summed E-state index contributed by atoms with van der Waals surface area (Å²) in [5, 5.41) is 5.38. The van der Waals surface area contributed by atoms with Crippen molar-refractivity contribution in [3.63, 3.8) is 0 Å². The summed E-state index contributed by atoms with van der Waals surface area (Å²) in [6.45, 7) is 1.79. The van der Waals surface area contributed by atoms with Gasteiger partial charge in [0.2, 0.25) is 11.8 Å². The number of alkyl halides is 3. The Morgan fingerprint density at radius 2 is 2.04 bits per heavy atom. The molecule has 0 radical (unpaired) electrons. The third-order valence-corrected chi connectivity index (χ3v) is 4.56. The third-order valence-electron chi connectivity index (χ3n) is 4.56. The van der Waals surface area contributed by atoms with Crippen LogP contribution in [0.5, 0.6) is 0 Å². The Labute approximate surface area is 131 Å². The van der Waals surface area contributed by atoms with Crippen molar-refractivity contribution < 1.29 is 22.8 Å². The predicted octanol–water partition coefficient (Wildman–Crippen LogP) is 1.99. The van der Waals surface area contributed by atoms with Crippen molar-refractivity contribution in [2.75, 3.05) is 6.54 Å². The van der Waals surface area contributed by atoms with E-state index in [2.05, 4.69) is 10.6 Å². The molecule has 1 saturated heterocycles. The van der Waals surface area contributed by atoms with Gasteiger partial charge in [-0.15, -0.1) is 0 Å². The summed E-state index contributed by atoms with van der Waals surface area (Å²) in [6.07, 6.45) is -2.71. The molecular formula is C16H17F3N2O2. The van der Waals surface area contributed by atoms with Crippen molar-refractivity contribution >= 4 is 11.8 Å². The maximum atomic E-state index is 12.9. The minimum absolute atomic E-state index is 0.0849. The molecular weight excluding hydrogens is 309 g/mol. The van der Waals surface area contributed by atoms with Gasteiger partial charge in [0.05, 0.1) is 5.56 Å². The van der Waals surface area contributed by atoms with Gasteiger partial charge in [-0.05, 0) is 24.5 Å². The van der Waals surface area contributed by atoms with E-state index in [9.17, 15) is 22.8 Å². The highest BCUT2D eigenvalue weighted by atomic mass is 19.4. The van der Waals surface area contributed by atoms with Crippen molar-refractivity contribution in [3.05, 3.63) is 35.4 Å². The van der Waals surface area contributed by atoms with Crippen molar-refractivity contribution in [1.29, 1.82) is 0 Å². The van der Waals surface area contributed by atoms with Crippen molar-refractivity contribution in [1.82, 2.24) is 10.6 Å². The van der Waals surface area contributed by atoms with Crippen LogP contribution in [0.15, 0.2) is 24.3 Å². The number of nitrogens with one attached hydrogen (secondary N) is 2.